The number of carbonyl (C=O) groups excluding carboxylic acids is 1. The van der Waals surface area contributed by atoms with Crippen LogP contribution in [-0.2, 0) is 4.79 Å². The smallest absolute Gasteiger partial charge is 0.160 e. The molecule has 2 aliphatic rings. The average molecular weight is 199 g/mol. The van der Waals surface area contributed by atoms with Gasteiger partial charge in [-0.3, -0.25) is 4.79 Å². The van der Waals surface area contributed by atoms with Gasteiger partial charge in [0.2, 0.25) is 0 Å². The van der Waals surface area contributed by atoms with E-state index >= 15 is 0 Å². The molecule has 1 aliphatic carbocycles. The van der Waals surface area contributed by atoms with Crippen LogP contribution in [0.3, 0.4) is 0 Å². The maximum absolute atomic E-state index is 11.7. The van der Waals surface area contributed by atoms with E-state index in [2.05, 4.69) is 17.4 Å². The molecule has 3 rings (SSSR count). The minimum absolute atomic E-state index is 0.332. The third kappa shape index (κ3) is 1.29. The predicted molar refractivity (Wildman–Crippen MR) is 60.7 cm³/mol. The summed E-state index contributed by atoms with van der Waals surface area (Å²) in [5.74, 6) is 0.332. The summed E-state index contributed by atoms with van der Waals surface area (Å²) >= 11 is 0. The van der Waals surface area contributed by atoms with Gasteiger partial charge in [0, 0.05) is 29.8 Å². The number of anilines is 1. The second-order valence-electron chi connectivity index (χ2n) is 4.13. The lowest BCUT2D eigenvalue weighted by molar-refractivity contribution is -0.115. The van der Waals surface area contributed by atoms with Crippen molar-refractivity contribution in [1.82, 2.24) is 0 Å². The molecule has 2 heteroatoms. The molecule has 1 aromatic carbocycles. The molecular formula is C13H13NO. The third-order valence-electron chi connectivity index (χ3n) is 3.24. The number of hydrogen-bond donors (Lipinski definition) is 1. The zero-order chi connectivity index (χ0) is 10.3. The van der Waals surface area contributed by atoms with Crippen LogP contribution in [0.5, 0.6) is 0 Å². The zero-order valence-electron chi connectivity index (χ0n) is 8.55. The number of nitrogens with one attached hydrogen (secondary N) is 1. The highest BCUT2D eigenvalue weighted by Crippen LogP contribution is 2.37. The van der Waals surface area contributed by atoms with Crippen LogP contribution in [0, 0.1) is 0 Å². The molecule has 0 amide bonds. The van der Waals surface area contributed by atoms with Crippen LogP contribution in [-0.4, -0.2) is 12.3 Å². The van der Waals surface area contributed by atoms with Crippen molar-refractivity contribution in [3.8, 4) is 0 Å². The Kier molecular flexibility index (Phi) is 1.88. The number of carbonyl (C=O) groups is 1. The summed E-state index contributed by atoms with van der Waals surface area (Å²) in [6.07, 6.45) is 2.79. The second kappa shape index (κ2) is 3.23. The second-order valence-corrected chi connectivity index (χ2v) is 4.13. The quantitative estimate of drug-likeness (QED) is 0.696. The van der Waals surface area contributed by atoms with Gasteiger partial charge >= 0.3 is 0 Å². The largest absolute Gasteiger partial charge is 0.380 e. The Morgan fingerprint density at radius 1 is 1.07 bits per heavy atom. The van der Waals surface area contributed by atoms with Gasteiger partial charge in [-0.05, 0) is 24.5 Å². The average Bonchev–Trinajstić information content (AvgIpc) is 2.29. The fourth-order valence-corrected chi connectivity index (χ4v) is 2.48. The first kappa shape index (κ1) is 8.72. The molecule has 0 atom stereocenters. The van der Waals surface area contributed by atoms with Crippen LogP contribution in [0.1, 0.15) is 24.8 Å². The number of fused-ring (bicyclic) bond motifs is 2. The van der Waals surface area contributed by atoms with Gasteiger partial charge in [-0.2, -0.15) is 0 Å². The number of ketones is 1. The fraction of sp³-hybridized carbons (Fsp3) is 0.308. The van der Waals surface area contributed by atoms with Crippen molar-refractivity contribution >= 4 is 17.0 Å². The molecule has 0 bridgehead atoms. The van der Waals surface area contributed by atoms with E-state index in [4.69, 9.17) is 0 Å². The van der Waals surface area contributed by atoms with Gasteiger partial charge in [0.1, 0.15) is 0 Å². The van der Waals surface area contributed by atoms with E-state index < -0.39 is 0 Å². The molecule has 0 fully saturated rings. The van der Waals surface area contributed by atoms with Gasteiger partial charge < -0.3 is 5.32 Å². The molecule has 1 N–H and O–H groups in total. The zero-order valence-corrected chi connectivity index (χ0v) is 8.55. The highest BCUT2D eigenvalue weighted by molar-refractivity contribution is 6.07. The Morgan fingerprint density at radius 3 is 2.87 bits per heavy atom. The summed E-state index contributed by atoms with van der Waals surface area (Å²) < 4.78 is 0. The summed E-state index contributed by atoms with van der Waals surface area (Å²) in [5.41, 5.74) is 4.69. The molecule has 1 heterocycles. The van der Waals surface area contributed by atoms with E-state index in [1.165, 1.54) is 16.8 Å². The van der Waals surface area contributed by atoms with Crippen LogP contribution in [0.25, 0.3) is 5.57 Å². The van der Waals surface area contributed by atoms with E-state index in [0.29, 0.717) is 12.3 Å². The fourth-order valence-electron chi connectivity index (χ4n) is 2.48. The normalized spacial score (nSPS) is 19.3. The Balaban J connectivity index is 2.18. The van der Waals surface area contributed by atoms with Crippen LogP contribution >= 0.6 is 0 Å². The molecule has 0 radical (unpaired) electrons. The Morgan fingerprint density at radius 2 is 1.93 bits per heavy atom. The monoisotopic (exact) mass is 199 g/mol. The number of hydrogen-bond acceptors (Lipinski definition) is 2. The first-order valence-corrected chi connectivity index (χ1v) is 5.45. The van der Waals surface area contributed by atoms with E-state index in [0.717, 1.165) is 24.8 Å². The van der Waals surface area contributed by atoms with Gasteiger partial charge in [-0.1, -0.05) is 18.2 Å². The molecule has 0 saturated heterocycles. The van der Waals surface area contributed by atoms with E-state index in [9.17, 15) is 4.79 Å². The molecule has 0 spiro atoms. The Bertz CT molecular complexity index is 459. The summed E-state index contributed by atoms with van der Waals surface area (Å²) in [4.78, 5) is 11.7. The van der Waals surface area contributed by atoms with Crippen LogP contribution in [0.15, 0.2) is 29.8 Å². The van der Waals surface area contributed by atoms with E-state index in [-0.39, 0.29) is 0 Å². The lowest BCUT2D eigenvalue weighted by atomic mass is 9.84. The Hall–Kier alpha value is -1.57. The SMILES string of the molecule is O=C1CCCC2=C1CNc1ccccc12. The maximum atomic E-state index is 11.7. The van der Waals surface area contributed by atoms with E-state index in [1.807, 2.05) is 12.1 Å². The van der Waals surface area contributed by atoms with Crippen molar-refractivity contribution in [2.24, 2.45) is 0 Å². The summed E-state index contributed by atoms with van der Waals surface area (Å²) in [6, 6.07) is 8.26. The topological polar surface area (TPSA) is 29.1 Å². The summed E-state index contributed by atoms with van der Waals surface area (Å²) in [5, 5.41) is 3.31. The van der Waals surface area contributed by atoms with Crippen molar-refractivity contribution in [2.75, 3.05) is 11.9 Å². The molecule has 0 unspecified atom stereocenters. The Labute approximate surface area is 89.0 Å². The van der Waals surface area contributed by atoms with Crippen LogP contribution in [0.4, 0.5) is 5.69 Å². The maximum Gasteiger partial charge on any atom is 0.160 e. The minimum atomic E-state index is 0.332. The predicted octanol–water partition coefficient (Wildman–Crippen LogP) is 2.62. The number of para-hydroxylation sites is 1. The number of benzene rings is 1. The van der Waals surface area contributed by atoms with Crippen molar-refractivity contribution in [1.29, 1.82) is 0 Å². The number of Topliss-reactive ketones (excluding diaryl/α,β-unsaturated/α-hetero) is 1. The summed E-state index contributed by atoms with van der Waals surface area (Å²) in [6.45, 7) is 0.713. The molecule has 15 heavy (non-hydrogen) atoms. The van der Waals surface area contributed by atoms with Crippen molar-refractivity contribution in [3.63, 3.8) is 0 Å². The molecule has 2 nitrogen and oxygen atoms in total. The van der Waals surface area contributed by atoms with Gasteiger partial charge in [0.25, 0.3) is 0 Å². The third-order valence-corrected chi connectivity index (χ3v) is 3.24. The van der Waals surface area contributed by atoms with Crippen molar-refractivity contribution in [3.05, 3.63) is 35.4 Å². The number of allylic oxidation sites excluding steroid dienone is 1. The molecule has 0 aromatic heterocycles. The van der Waals surface area contributed by atoms with Crippen molar-refractivity contribution < 1.29 is 4.79 Å². The molecule has 1 aliphatic heterocycles. The van der Waals surface area contributed by atoms with Crippen LogP contribution in [0.2, 0.25) is 0 Å². The first-order valence-electron chi connectivity index (χ1n) is 5.45. The highest BCUT2D eigenvalue weighted by atomic mass is 16.1. The summed E-state index contributed by atoms with van der Waals surface area (Å²) in [7, 11) is 0. The highest BCUT2D eigenvalue weighted by Gasteiger charge is 2.25. The van der Waals surface area contributed by atoms with Gasteiger partial charge in [0.05, 0.1) is 0 Å². The molecule has 76 valence electrons. The van der Waals surface area contributed by atoms with E-state index in [1.54, 1.807) is 0 Å². The van der Waals surface area contributed by atoms with Gasteiger partial charge in [0.15, 0.2) is 5.78 Å². The minimum Gasteiger partial charge on any atom is -0.380 e. The molecule has 1 aromatic rings. The van der Waals surface area contributed by atoms with Crippen LogP contribution < -0.4 is 5.32 Å². The standard InChI is InChI=1S/C13H13NO/c15-13-7-3-5-9-10-4-1-2-6-12(10)14-8-11(9)13/h1-2,4,6,14H,3,5,7-8H2. The van der Waals surface area contributed by atoms with Gasteiger partial charge in [-0.25, -0.2) is 0 Å². The first-order chi connectivity index (χ1) is 7.36. The lowest BCUT2D eigenvalue weighted by Crippen LogP contribution is -2.22. The number of rotatable bonds is 0. The van der Waals surface area contributed by atoms with Crippen molar-refractivity contribution in [2.45, 2.75) is 19.3 Å². The molecular weight excluding hydrogens is 186 g/mol. The lowest BCUT2D eigenvalue weighted by Gasteiger charge is -2.27. The van der Waals surface area contributed by atoms with Gasteiger partial charge in [-0.15, -0.1) is 0 Å². The molecule has 0 saturated carbocycles.